The Labute approximate surface area is 160 Å². The Morgan fingerprint density at radius 3 is 2.33 bits per heavy atom. The number of carbonyl (C=O) groups is 3. The van der Waals surface area contributed by atoms with Crippen LogP contribution in [0.1, 0.15) is 63.9 Å². The zero-order chi connectivity index (χ0) is 19.2. The van der Waals surface area contributed by atoms with Gasteiger partial charge in [-0.2, -0.15) is 5.01 Å². The Morgan fingerprint density at radius 1 is 1.11 bits per heavy atom. The second kappa shape index (κ2) is 9.13. The number of rotatable bonds is 7. The van der Waals surface area contributed by atoms with Crippen LogP contribution in [0.15, 0.2) is 30.3 Å². The highest BCUT2D eigenvalue weighted by Crippen LogP contribution is 2.23. The molecule has 1 atom stereocenters. The normalized spacial score (nSPS) is 19.6. The van der Waals surface area contributed by atoms with E-state index in [1.807, 2.05) is 37.3 Å². The molecule has 27 heavy (non-hydrogen) atoms. The van der Waals surface area contributed by atoms with E-state index in [0.29, 0.717) is 13.0 Å². The highest BCUT2D eigenvalue weighted by molar-refractivity contribution is 6.01. The molecule has 0 aromatic heterocycles. The van der Waals surface area contributed by atoms with Crippen LogP contribution in [0.4, 0.5) is 0 Å². The van der Waals surface area contributed by atoms with Crippen molar-refractivity contribution in [1.29, 1.82) is 0 Å². The standard InChI is InChI=1S/C21H29N3O3/c1-2-18(21(27)22-17-11-7-4-8-12-17)23(15-16-9-5-3-6-10-16)24-19(25)13-14-20(24)26/h3,5-6,9-10,17-18H,2,4,7-8,11-15H2,1H3,(H,22,27). The molecule has 1 aliphatic heterocycles. The van der Waals surface area contributed by atoms with Gasteiger partial charge in [-0.25, -0.2) is 5.01 Å². The molecule has 1 aliphatic carbocycles. The third-order valence-corrected chi connectivity index (χ3v) is 5.47. The topological polar surface area (TPSA) is 69.7 Å². The molecule has 0 radical (unpaired) electrons. The van der Waals surface area contributed by atoms with Gasteiger partial charge in [0.25, 0.3) is 0 Å². The van der Waals surface area contributed by atoms with Crippen LogP contribution < -0.4 is 5.32 Å². The van der Waals surface area contributed by atoms with Gasteiger partial charge in [0, 0.05) is 25.4 Å². The molecule has 0 spiro atoms. The average molecular weight is 371 g/mol. The smallest absolute Gasteiger partial charge is 0.244 e. The molecule has 1 heterocycles. The monoisotopic (exact) mass is 371 g/mol. The zero-order valence-electron chi connectivity index (χ0n) is 16.0. The number of nitrogens with one attached hydrogen (secondary N) is 1. The van der Waals surface area contributed by atoms with E-state index in [2.05, 4.69) is 5.32 Å². The van der Waals surface area contributed by atoms with Crippen molar-refractivity contribution in [2.24, 2.45) is 0 Å². The summed E-state index contributed by atoms with van der Waals surface area (Å²) in [4.78, 5) is 37.8. The summed E-state index contributed by atoms with van der Waals surface area (Å²) in [6.07, 6.45) is 6.46. The molecule has 0 bridgehead atoms. The van der Waals surface area contributed by atoms with Gasteiger partial charge in [-0.1, -0.05) is 56.5 Å². The zero-order valence-corrected chi connectivity index (χ0v) is 16.0. The first kappa shape index (κ1) is 19.5. The van der Waals surface area contributed by atoms with Crippen LogP contribution in [0.5, 0.6) is 0 Å². The van der Waals surface area contributed by atoms with Gasteiger partial charge in [0.15, 0.2) is 0 Å². The minimum atomic E-state index is -0.543. The lowest BCUT2D eigenvalue weighted by Gasteiger charge is -2.36. The maximum Gasteiger partial charge on any atom is 0.244 e. The van der Waals surface area contributed by atoms with Crippen molar-refractivity contribution in [2.45, 2.75) is 76.9 Å². The van der Waals surface area contributed by atoms with E-state index in [4.69, 9.17) is 0 Å². The van der Waals surface area contributed by atoms with Crippen LogP contribution in [0.25, 0.3) is 0 Å². The summed E-state index contributed by atoms with van der Waals surface area (Å²) in [5, 5.41) is 6.04. The quantitative estimate of drug-likeness (QED) is 0.748. The van der Waals surface area contributed by atoms with Crippen molar-refractivity contribution in [3.8, 4) is 0 Å². The highest BCUT2D eigenvalue weighted by Gasteiger charge is 2.39. The van der Waals surface area contributed by atoms with Gasteiger partial charge >= 0.3 is 0 Å². The number of imide groups is 1. The molecule has 1 aromatic carbocycles. The Bertz CT molecular complexity index is 655. The molecule has 1 saturated carbocycles. The summed E-state index contributed by atoms with van der Waals surface area (Å²) in [5.74, 6) is -0.535. The van der Waals surface area contributed by atoms with E-state index >= 15 is 0 Å². The molecule has 1 unspecified atom stereocenters. The number of hydrazine groups is 1. The van der Waals surface area contributed by atoms with Crippen LogP contribution >= 0.6 is 0 Å². The van der Waals surface area contributed by atoms with Crippen molar-refractivity contribution < 1.29 is 14.4 Å². The first-order chi connectivity index (χ1) is 13.1. The van der Waals surface area contributed by atoms with E-state index in [1.54, 1.807) is 5.01 Å². The number of amides is 3. The predicted octanol–water partition coefficient (Wildman–Crippen LogP) is 2.78. The molecular formula is C21H29N3O3. The Morgan fingerprint density at radius 2 is 1.74 bits per heavy atom. The molecule has 6 nitrogen and oxygen atoms in total. The molecule has 1 N–H and O–H groups in total. The Kier molecular flexibility index (Phi) is 6.61. The lowest BCUT2D eigenvalue weighted by molar-refractivity contribution is -0.165. The van der Waals surface area contributed by atoms with Gasteiger partial charge in [0.05, 0.1) is 0 Å². The molecule has 1 saturated heterocycles. The van der Waals surface area contributed by atoms with Gasteiger partial charge in [-0.15, -0.1) is 0 Å². The summed E-state index contributed by atoms with van der Waals surface area (Å²) in [7, 11) is 0. The molecule has 2 aliphatic rings. The van der Waals surface area contributed by atoms with Crippen molar-refractivity contribution in [3.05, 3.63) is 35.9 Å². The second-order valence-electron chi connectivity index (χ2n) is 7.45. The number of benzene rings is 1. The van der Waals surface area contributed by atoms with E-state index in [-0.39, 0.29) is 36.6 Å². The fourth-order valence-corrected chi connectivity index (χ4v) is 4.02. The molecule has 3 rings (SSSR count). The largest absolute Gasteiger partial charge is 0.352 e. The number of hydrogen-bond acceptors (Lipinski definition) is 4. The molecule has 146 valence electrons. The van der Waals surface area contributed by atoms with Crippen molar-refractivity contribution in [3.63, 3.8) is 0 Å². The average Bonchev–Trinajstić information content (AvgIpc) is 3.01. The first-order valence-corrected chi connectivity index (χ1v) is 10.1. The number of carbonyl (C=O) groups excluding carboxylic acids is 3. The lowest BCUT2D eigenvalue weighted by Crippen LogP contribution is -2.57. The van der Waals surface area contributed by atoms with E-state index in [0.717, 1.165) is 31.2 Å². The van der Waals surface area contributed by atoms with Gasteiger partial charge < -0.3 is 5.32 Å². The Hall–Kier alpha value is -2.21. The van der Waals surface area contributed by atoms with Crippen molar-refractivity contribution in [2.75, 3.05) is 0 Å². The van der Waals surface area contributed by atoms with Crippen LogP contribution in [0.2, 0.25) is 0 Å². The van der Waals surface area contributed by atoms with Gasteiger partial charge in [0.1, 0.15) is 6.04 Å². The summed E-state index contributed by atoms with van der Waals surface area (Å²) in [6.45, 7) is 2.28. The van der Waals surface area contributed by atoms with E-state index in [9.17, 15) is 14.4 Å². The van der Waals surface area contributed by atoms with Crippen LogP contribution in [-0.4, -0.2) is 39.8 Å². The van der Waals surface area contributed by atoms with Gasteiger partial charge in [-0.05, 0) is 24.8 Å². The Balaban J connectivity index is 1.81. The maximum atomic E-state index is 13.0. The molecular weight excluding hydrogens is 342 g/mol. The van der Waals surface area contributed by atoms with E-state index in [1.165, 1.54) is 11.4 Å². The minimum Gasteiger partial charge on any atom is -0.352 e. The lowest BCUT2D eigenvalue weighted by atomic mass is 9.95. The molecule has 1 aromatic rings. The highest BCUT2D eigenvalue weighted by atomic mass is 16.2. The summed E-state index contributed by atoms with van der Waals surface area (Å²) in [5.41, 5.74) is 0.967. The second-order valence-corrected chi connectivity index (χ2v) is 7.45. The maximum absolute atomic E-state index is 13.0. The first-order valence-electron chi connectivity index (χ1n) is 10.1. The van der Waals surface area contributed by atoms with Gasteiger partial charge in [0.2, 0.25) is 17.7 Å². The fourth-order valence-electron chi connectivity index (χ4n) is 4.02. The summed E-state index contributed by atoms with van der Waals surface area (Å²) in [6, 6.07) is 9.32. The van der Waals surface area contributed by atoms with Crippen molar-refractivity contribution in [1.82, 2.24) is 15.3 Å². The van der Waals surface area contributed by atoms with Crippen LogP contribution in [-0.2, 0) is 20.9 Å². The summed E-state index contributed by atoms with van der Waals surface area (Å²) < 4.78 is 0. The molecule has 3 amide bonds. The molecule has 6 heteroatoms. The predicted molar refractivity (Wildman–Crippen MR) is 102 cm³/mol. The van der Waals surface area contributed by atoms with Crippen molar-refractivity contribution >= 4 is 17.7 Å². The number of nitrogens with zero attached hydrogens (tertiary/aromatic N) is 2. The third kappa shape index (κ3) is 4.75. The van der Waals surface area contributed by atoms with Crippen LogP contribution in [0.3, 0.4) is 0 Å². The third-order valence-electron chi connectivity index (χ3n) is 5.47. The van der Waals surface area contributed by atoms with E-state index < -0.39 is 6.04 Å². The number of hydrogen-bond donors (Lipinski definition) is 1. The minimum absolute atomic E-state index is 0.0900. The summed E-state index contributed by atoms with van der Waals surface area (Å²) >= 11 is 0. The SMILES string of the molecule is CCC(C(=O)NC1CCCCC1)N(Cc1ccccc1)N1C(=O)CCC1=O. The fraction of sp³-hybridized carbons (Fsp3) is 0.571. The van der Waals surface area contributed by atoms with Crippen LogP contribution in [0, 0.1) is 0 Å². The molecule has 2 fully saturated rings. The van der Waals surface area contributed by atoms with Gasteiger partial charge in [-0.3, -0.25) is 14.4 Å².